The van der Waals surface area contributed by atoms with Crippen LogP contribution in [0.2, 0.25) is 0 Å². The SMILES string of the molecule is CNc1cc(N(C)C(=O)Nc2cc(C(=O)Cl)ccc2C)ncn1. The van der Waals surface area contributed by atoms with E-state index in [1.165, 1.54) is 17.3 Å². The molecule has 2 rings (SSSR count). The highest BCUT2D eigenvalue weighted by Gasteiger charge is 2.15. The van der Waals surface area contributed by atoms with Crippen LogP contribution in [-0.2, 0) is 0 Å². The molecule has 0 bridgehead atoms. The Morgan fingerprint density at radius 3 is 2.61 bits per heavy atom. The lowest BCUT2D eigenvalue weighted by molar-refractivity contribution is 0.108. The molecular formula is C15H16ClN5O2. The van der Waals surface area contributed by atoms with Gasteiger partial charge in [0.15, 0.2) is 0 Å². The van der Waals surface area contributed by atoms with Crippen molar-refractivity contribution in [1.82, 2.24) is 9.97 Å². The van der Waals surface area contributed by atoms with Gasteiger partial charge >= 0.3 is 6.03 Å². The van der Waals surface area contributed by atoms with Crippen LogP contribution in [0, 0.1) is 6.92 Å². The predicted molar refractivity (Wildman–Crippen MR) is 90.4 cm³/mol. The molecule has 0 unspecified atom stereocenters. The van der Waals surface area contributed by atoms with Crippen molar-refractivity contribution in [3.05, 3.63) is 41.7 Å². The van der Waals surface area contributed by atoms with Crippen LogP contribution in [0.1, 0.15) is 15.9 Å². The fourth-order valence-electron chi connectivity index (χ4n) is 1.85. The topological polar surface area (TPSA) is 87.2 Å². The van der Waals surface area contributed by atoms with Gasteiger partial charge in [0.25, 0.3) is 5.24 Å². The van der Waals surface area contributed by atoms with Crippen molar-refractivity contribution in [1.29, 1.82) is 0 Å². The summed E-state index contributed by atoms with van der Waals surface area (Å²) >= 11 is 5.47. The van der Waals surface area contributed by atoms with Crippen LogP contribution < -0.4 is 15.5 Å². The van der Waals surface area contributed by atoms with Crippen LogP contribution >= 0.6 is 11.6 Å². The van der Waals surface area contributed by atoms with Crippen molar-refractivity contribution < 1.29 is 9.59 Å². The number of anilines is 3. The number of carbonyl (C=O) groups excluding carboxylic acids is 2. The molecule has 0 aliphatic heterocycles. The first-order chi connectivity index (χ1) is 10.9. The lowest BCUT2D eigenvalue weighted by atomic mass is 10.1. The molecular weight excluding hydrogens is 318 g/mol. The third-order valence-electron chi connectivity index (χ3n) is 3.26. The molecule has 0 saturated carbocycles. The van der Waals surface area contributed by atoms with Crippen molar-refractivity contribution in [2.24, 2.45) is 0 Å². The van der Waals surface area contributed by atoms with Crippen LogP contribution in [-0.4, -0.2) is 35.3 Å². The van der Waals surface area contributed by atoms with E-state index in [9.17, 15) is 9.59 Å². The van der Waals surface area contributed by atoms with E-state index < -0.39 is 11.3 Å². The van der Waals surface area contributed by atoms with Gasteiger partial charge in [-0.3, -0.25) is 9.69 Å². The average molecular weight is 334 g/mol. The van der Waals surface area contributed by atoms with Gasteiger partial charge in [-0.25, -0.2) is 14.8 Å². The lowest BCUT2D eigenvalue weighted by Crippen LogP contribution is -2.32. The molecule has 2 aromatic rings. The molecule has 0 radical (unpaired) electrons. The number of hydrogen-bond acceptors (Lipinski definition) is 5. The summed E-state index contributed by atoms with van der Waals surface area (Å²) in [6.45, 7) is 1.82. The zero-order valence-corrected chi connectivity index (χ0v) is 13.7. The molecule has 1 heterocycles. The molecule has 0 aliphatic rings. The number of aryl methyl sites for hydroxylation is 1. The molecule has 1 aromatic carbocycles. The van der Waals surface area contributed by atoms with Crippen molar-refractivity contribution in [3.63, 3.8) is 0 Å². The van der Waals surface area contributed by atoms with Crippen LogP contribution in [0.25, 0.3) is 0 Å². The Kier molecular flexibility index (Phi) is 5.13. The number of aromatic nitrogens is 2. The fourth-order valence-corrected chi connectivity index (χ4v) is 1.97. The summed E-state index contributed by atoms with van der Waals surface area (Å²) in [7, 11) is 3.31. The number of carbonyl (C=O) groups is 2. The van der Waals surface area contributed by atoms with E-state index in [0.717, 1.165) is 5.56 Å². The van der Waals surface area contributed by atoms with E-state index in [0.29, 0.717) is 22.9 Å². The number of amides is 2. The van der Waals surface area contributed by atoms with Gasteiger partial charge in [0, 0.05) is 31.4 Å². The summed E-state index contributed by atoms with van der Waals surface area (Å²) in [5.41, 5.74) is 1.64. The van der Waals surface area contributed by atoms with Gasteiger partial charge in [-0.05, 0) is 36.2 Å². The Bertz CT molecular complexity index is 750. The van der Waals surface area contributed by atoms with E-state index in [1.807, 2.05) is 6.92 Å². The van der Waals surface area contributed by atoms with Crippen LogP contribution in [0.5, 0.6) is 0 Å². The number of nitrogens with zero attached hydrogens (tertiary/aromatic N) is 3. The summed E-state index contributed by atoms with van der Waals surface area (Å²) in [6, 6.07) is 6.11. The van der Waals surface area contributed by atoms with E-state index >= 15 is 0 Å². The molecule has 0 atom stereocenters. The first kappa shape index (κ1) is 16.7. The smallest absolute Gasteiger partial charge is 0.327 e. The summed E-state index contributed by atoms with van der Waals surface area (Å²) in [5, 5.41) is 5.03. The maximum Gasteiger partial charge on any atom is 0.327 e. The average Bonchev–Trinajstić information content (AvgIpc) is 2.55. The minimum absolute atomic E-state index is 0.315. The fraction of sp³-hybridized carbons (Fsp3) is 0.200. The number of rotatable bonds is 4. The van der Waals surface area contributed by atoms with Gasteiger partial charge in [-0.15, -0.1) is 0 Å². The minimum atomic E-state index is -0.580. The molecule has 23 heavy (non-hydrogen) atoms. The summed E-state index contributed by atoms with van der Waals surface area (Å²) in [4.78, 5) is 33.0. The molecule has 0 aliphatic carbocycles. The van der Waals surface area contributed by atoms with Crippen molar-refractivity contribution in [3.8, 4) is 0 Å². The van der Waals surface area contributed by atoms with Gasteiger partial charge in [-0.1, -0.05) is 6.07 Å². The van der Waals surface area contributed by atoms with Crippen molar-refractivity contribution >= 4 is 40.2 Å². The predicted octanol–water partition coefficient (Wildman–Crippen LogP) is 2.87. The highest BCUT2D eigenvalue weighted by Crippen LogP contribution is 2.20. The third-order valence-corrected chi connectivity index (χ3v) is 3.48. The Morgan fingerprint density at radius 1 is 1.22 bits per heavy atom. The van der Waals surface area contributed by atoms with Crippen LogP contribution in [0.4, 0.5) is 22.1 Å². The highest BCUT2D eigenvalue weighted by atomic mass is 35.5. The molecule has 8 heteroatoms. The Labute approximate surface area is 138 Å². The largest absolute Gasteiger partial charge is 0.373 e. The second-order valence-electron chi connectivity index (χ2n) is 4.80. The highest BCUT2D eigenvalue weighted by molar-refractivity contribution is 6.67. The van der Waals surface area contributed by atoms with Gasteiger partial charge in [0.1, 0.15) is 18.0 Å². The van der Waals surface area contributed by atoms with Gasteiger partial charge in [0.05, 0.1) is 0 Å². The number of urea groups is 1. The molecule has 1 aromatic heterocycles. The quantitative estimate of drug-likeness (QED) is 0.840. The number of hydrogen-bond donors (Lipinski definition) is 2. The zero-order chi connectivity index (χ0) is 17.0. The second-order valence-corrected chi connectivity index (χ2v) is 5.15. The van der Waals surface area contributed by atoms with E-state index in [1.54, 1.807) is 32.3 Å². The molecule has 2 amide bonds. The summed E-state index contributed by atoms with van der Waals surface area (Å²) in [6.07, 6.45) is 1.36. The maximum absolute atomic E-state index is 12.4. The Hall–Kier alpha value is -2.67. The molecule has 7 nitrogen and oxygen atoms in total. The minimum Gasteiger partial charge on any atom is -0.373 e. The van der Waals surface area contributed by atoms with E-state index in [-0.39, 0.29) is 0 Å². The van der Waals surface area contributed by atoms with Crippen LogP contribution in [0.15, 0.2) is 30.6 Å². The molecule has 0 saturated heterocycles. The van der Waals surface area contributed by atoms with Gasteiger partial charge < -0.3 is 10.6 Å². The van der Waals surface area contributed by atoms with Gasteiger partial charge in [0.2, 0.25) is 0 Å². The second kappa shape index (κ2) is 7.06. The molecule has 2 N–H and O–H groups in total. The first-order valence-electron chi connectivity index (χ1n) is 6.77. The maximum atomic E-state index is 12.4. The zero-order valence-electron chi connectivity index (χ0n) is 12.9. The van der Waals surface area contributed by atoms with Gasteiger partial charge in [-0.2, -0.15) is 0 Å². The lowest BCUT2D eigenvalue weighted by Gasteiger charge is -2.18. The normalized spacial score (nSPS) is 10.1. The van der Waals surface area contributed by atoms with Crippen molar-refractivity contribution in [2.75, 3.05) is 29.6 Å². The first-order valence-corrected chi connectivity index (χ1v) is 7.15. The standard InChI is InChI=1S/C15H16ClN5O2/c1-9-4-5-10(14(16)22)6-11(9)20-15(23)21(3)13-7-12(17-2)18-8-19-13/h4-8H,1-3H3,(H,20,23)(H,17,18,19). The molecule has 0 spiro atoms. The Morgan fingerprint density at radius 2 is 1.96 bits per heavy atom. The van der Waals surface area contributed by atoms with Crippen molar-refractivity contribution in [2.45, 2.75) is 6.92 Å². The summed E-state index contributed by atoms with van der Waals surface area (Å²) in [5.74, 6) is 1.03. The van der Waals surface area contributed by atoms with E-state index in [2.05, 4.69) is 20.6 Å². The third kappa shape index (κ3) is 3.95. The van der Waals surface area contributed by atoms with E-state index in [4.69, 9.17) is 11.6 Å². The number of nitrogens with one attached hydrogen (secondary N) is 2. The molecule has 120 valence electrons. The monoisotopic (exact) mass is 333 g/mol. The Balaban J connectivity index is 2.21. The molecule has 0 fully saturated rings. The van der Waals surface area contributed by atoms with Crippen LogP contribution in [0.3, 0.4) is 0 Å². The summed E-state index contributed by atoms with van der Waals surface area (Å²) < 4.78 is 0. The number of halogens is 1. The number of benzene rings is 1.